The molecule has 5 atom stereocenters. The fourth-order valence-electron chi connectivity index (χ4n) is 4.95. The highest BCUT2D eigenvalue weighted by Gasteiger charge is 2.60. The average molecular weight is 404 g/mol. The molecular formula is C22H28O7. The molecule has 3 rings (SSSR count). The molecule has 0 aromatic heterocycles. The molecule has 29 heavy (non-hydrogen) atoms. The van der Waals surface area contributed by atoms with Gasteiger partial charge in [0.2, 0.25) is 5.78 Å². The van der Waals surface area contributed by atoms with Crippen molar-refractivity contribution in [3.05, 3.63) is 23.5 Å². The summed E-state index contributed by atoms with van der Waals surface area (Å²) in [6.45, 7) is 12.5. The molecule has 2 aliphatic carbocycles. The van der Waals surface area contributed by atoms with Gasteiger partial charge in [0.1, 0.15) is 6.10 Å². The number of hydrogen-bond acceptors (Lipinski definition) is 7. The van der Waals surface area contributed by atoms with Crippen molar-refractivity contribution >= 4 is 23.7 Å². The second kappa shape index (κ2) is 7.43. The maximum atomic E-state index is 13.2. The van der Waals surface area contributed by atoms with Gasteiger partial charge in [0, 0.05) is 30.3 Å². The number of rotatable bonds is 4. The summed E-state index contributed by atoms with van der Waals surface area (Å²) in [5.74, 6) is -2.39. The molecule has 0 radical (unpaired) electrons. The third kappa shape index (κ3) is 3.63. The number of allylic oxidation sites excluding steroid dienone is 1. The van der Waals surface area contributed by atoms with Crippen LogP contribution >= 0.6 is 0 Å². The third-order valence-corrected chi connectivity index (χ3v) is 6.36. The zero-order chi connectivity index (χ0) is 21.7. The lowest BCUT2D eigenvalue weighted by atomic mass is 9.55. The van der Waals surface area contributed by atoms with Crippen LogP contribution in [-0.4, -0.2) is 35.9 Å². The number of carbonyl (C=O) groups is 4. The van der Waals surface area contributed by atoms with Crippen LogP contribution in [0.25, 0.3) is 0 Å². The molecule has 1 saturated carbocycles. The number of fused-ring (bicyclic) bond motifs is 2. The quantitative estimate of drug-likeness (QED) is 0.404. The minimum atomic E-state index is -1.11. The molecule has 1 aliphatic heterocycles. The Balaban J connectivity index is 2.02. The minimum Gasteiger partial charge on any atom is -0.458 e. The zero-order valence-electron chi connectivity index (χ0n) is 17.6. The van der Waals surface area contributed by atoms with Crippen LogP contribution in [0.2, 0.25) is 0 Å². The van der Waals surface area contributed by atoms with Gasteiger partial charge in [-0.1, -0.05) is 27.4 Å². The summed E-state index contributed by atoms with van der Waals surface area (Å²) in [6, 6.07) is 0. The van der Waals surface area contributed by atoms with E-state index in [0.29, 0.717) is 24.0 Å². The zero-order valence-corrected chi connectivity index (χ0v) is 17.6. The summed E-state index contributed by atoms with van der Waals surface area (Å²) in [5, 5.41) is 0. The van der Waals surface area contributed by atoms with Crippen LogP contribution in [0.4, 0.5) is 0 Å². The van der Waals surface area contributed by atoms with Gasteiger partial charge in [-0.25, -0.2) is 4.79 Å². The Morgan fingerprint density at radius 1 is 1.31 bits per heavy atom. The summed E-state index contributed by atoms with van der Waals surface area (Å²) in [6.07, 6.45) is -0.465. The molecule has 0 spiro atoms. The van der Waals surface area contributed by atoms with E-state index in [9.17, 15) is 19.2 Å². The van der Waals surface area contributed by atoms with Crippen molar-refractivity contribution in [2.45, 2.75) is 66.1 Å². The first kappa shape index (κ1) is 21.3. The van der Waals surface area contributed by atoms with Gasteiger partial charge >= 0.3 is 17.9 Å². The Morgan fingerprint density at radius 2 is 1.97 bits per heavy atom. The van der Waals surface area contributed by atoms with Crippen molar-refractivity contribution in [1.82, 2.24) is 0 Å². The SMILES string of the molecule is C=C1C(=O)O[C@@H]2C[C@]3(C)[C@@H](C[C@H]12)C(C)=C(OC(=O)CC(C)C)C(=O)[C@@H]3OC(C)=O. The lowest BCUT2D eigenvalue weighted by molar-refractivity contribution is -0.174. The molecule has 0 amide bonds. The molecule has 7 heteroatoms. The van der Waals surface area contributed by atoms with E-state index in [0.717, 1.165) is 0 Å². The maximum Gasteiger partial charge on any atom is 0.334 e. The highest BCUT2D eigenvalue weighted by molar-refractivity contribution is 6.02. The van der Waals surface area contributed by atoms with Crippen molar-refractivity contribution in [3.8, 4) is 0 Å². The van der Waals surface area contributed by atoms with Gasteiger partial charge in [-0.3, -0.25) is 14.4 Å². The fraction of sp³-hybridized carbons (Fsp3) is 0.636. The Labute approximate surface area is 170 Å². The monoisotopic (exact) mass is 404 g/mol. The van der Waals surface area contributed by atoms with Crippen molar-refractivity contribution < 1.29 is 33.4 Å². The summed E-state index contributed by atoms with van der Waals surface area (Å²) in [7, 11) is 0. The van der Waals surface area contributed by atoms with Crippen molar-refractivity contribution in [2.24, 2.45) is 23.2 Å². The third-order valence-electron chi connectivity index (χ3n) is 6.36. The van der Waals surface area contributed by atoms with E-state index in [1.807, 2.05) is 20.8 Å². The number of esters is 3. The van der Waals surface area contributed by atoms with Gasteiger partial charge in [0.05, 0.1) is 0 Å². The van der Waals surface area contributed by atoms with E-state index in [1.165, 1.54) is 6.92 Å². The Hall–Kier alpha value is -2.44. The van der Waals surface area contributed by atoms with E-state index in [1.54, 1.807) is 6.92 Å². The second-order valence-electron chi connectivity index (χ2n) is 9.01. The molecule has 2 fully saturated rings. The predicted octanol–water partition coefficient (Wildman–Crippen LogP) is 2.88. The van der Waals surface area contributed by atoms with Crippen molar-refractivity contribution in [3.63, 3.8) is 0 Å². The van der Waals surface area contributed by atoms with Gasteiger partial charge in [-0.2, -0.15) is 0 Å². The molecule has 158 valence electrons. The predicted molar refractivity (Wildman–Crippen MR) is 102 cm³/mol. The molecule has 0 aromatic rings. The van der Waals surface area contributed by atoms with Crippen LogP contribution in [0, 0.1) is 23.2 Å². The van der Waals surface area contributed by atoms with Gasteiger partial charge in [-0.05, 0) is 37.2 Å². The molecule has 0 aromatic carbocycles. The van der Waals surface area contributed by atoms with E-state index >= 15 is 0 Å². The van der Waals surface area contributed by atoms with Crippen LogP contribution in [-0.2, 0) is 33.4 Å². The Kier molecular flexibility index (Phi) is 5.45. The second-order valence-corrected chi connectivity index (χ2v) is 9.01. The molecular weight excluding hydrogens is 376 g/mol. The van der Waals surface area contributed by atoms with Gasteiger partial charge in [0.25, 0.3) is 0 Å². The van der Waals surface area contributed by atoms with E-state index in [2.05, 4.69) is 6.58 Å². The van der Waals surface area contributed by atoms with E-state index < -0.39 is 41.3 Å². The number of ketones is 1. The smallest absolute Gasteiger partial charge is 0.334 e. The normalized spacial score (nSPS) is 33.9. The average Bonchev–Trinajstić information content (AvgIpc) is 2.87. The summed E-state index contributed by atoms with van der Waals surface area (Å²) < 4.78 is 16.4. The van der Waals surface area contributed by atoms with Crippen molar-refractivity contribution in [1.29, 1.82) is 0 Å². The fourth-order valence-corrected chi connectivity index (χ4v) is 4.95. The van der Waals surface area contributed by atoms with Crippen LogP contribution < -0.4 is 0 Å². The minimum absolute atomic E-state index is 0.0429. The van der Waals surface area contributed by atoms with Crippen LogP contribution in [0.3, 0.4) is 0 Å². The standard InChI is InChI=1S/C22H28O7/c1-10(2)7-17(24)29-19-12(4)15-8-14-11(3)21(26)28-16(14)9-22(15,6)20(18(19)25)27-13(5)23/h10,14-16,20H,3,7-9H2,1-2,4-6H3/t14-,15+,16-,20+,22-/m1/s1. The molecule has 0 unspecified atom stereocenters. The lowest BCUT2D eigenvalue weighted by Crippen LogP contribution is -2.56. The van der Waals surface area contributed by atoms with Gasteiger partial charge < -0.3 is 14.2 Å². The highest BCUT2D eigenvalue weighted by Crippen LogP contribution is 2.57. The van der Waals surface area contributed by atoms with E-state index in [-0.39, 0.29) is 29.9 Å². The largest absolute Gasteiger partial charge is 0.458 e. The first-order valence-corrected chi connectivity index (χ1v) is 9.98. The summed E-state index contributed by atoms with van der Waals surface area (Å²) in [5.41, 5.74) is 0.292. The topological polar surface area (TPSA) is 96.0 Å². The Bertz CT molecular complexity index is 821. The van der Waals surface area contributed by atoms with Crippen LogP contribution in [0.15, 0.2) is 23.5 Å². The van der Waals surface area contributed by atoms with Crippen LogP contribution in [0.1, 0.15) is 53.9 Å². The first-order chi connectivity index (χ1) is 13.5. The molecule has 3 aliphatic rings. The summed E-state index contributed by atoms with van der Waals surface area (Å²) >= 11 is 0. The van der Waals surface area contributed by atoms with Gasteiger partial charge in [0.15, 0.2) is 11.9 Å². The lowest BCUT2D eigenvalue weighted by Gasteiger charge is -2.51. The summed E-state index contributed by atoms with van der Waals surface area (Å²) in [4.78, 5) is 49.3. The van der Waals surface area contributed by atoms with Crippen LogP contribution in [0.5, 0.6) is 0 Å². The van der Waals surface area contributed by atoms with Crippen molar-refractivity contribution in [2.75, 3.05) is 0 Å². The van der Waals surface area contributed by atoms with Gasteiger partial charge in [-0.15, -0.1) is 0 Å². The molecule has 0 N–H and O–H groups in total. The molecule has 7 nitrogen and oxygen atoms in total. The highest BCUT2D eigenvalue weighted by atomic mass is 16.6. The van der Waals surface area contributed by atoms with E-state index in [4.69, 9.17) is 14.2 Å². The molecule has 0 bridgehead atoms. The number of ether oxygens (including phenoxy) is 3. The molecule has 1 heterocycles. The molecule has 1 saturated heterocycles. The maximum absolute atomic E-state index is 13.2. The Morgan fingerprint density at radius 3 is 2.55 bits per heavy atom. The number of hydrogen-bond donors (Lipinski definition) is 0. The number of carbonyl (C=O) groups excluding carboxylic acids is 4. The first-order valence-electron chi connectivity index (χ1n) is 9.98. The number of Topliss-reactive ketones (excluding diaryl/α,β-unsaturated/α-hetero) is 1.